The summed E-state index contributed by atoms with van der Waals surface area (Å²) in [5.41, 5.74) is 0.601. The number of rotatable bonds is 9. The van der Waals surface area contributed by atoms with Gasteiger partial charge in [0.25, 0.3) is 11.6 Å². The van der Waals surface area contributed by atoms with Gasteiger partial charge in [-0.15, -0.1) is 0 Å². The fraction of sp³-hybridized carbons (Fsp3) is 0.208. The summed E-state index contributed by atoms with van der Waals surface area (Å²) in [6.07, 6.45) is 0. The lowest BCUT2D eigenvalue weighted by atomic mass is 10.1. The predicted octanol–water partition coefficient (Wildman–Crippen LogP) is 4.80. The van der Waals surface area contributed by atoms with Crippen LogP contribution >= 0.6 is 0 Å². The summed E-state index contributed by atoms with van der Waals surface area (Å²) in [6, 6.07) is 16.0. The van der Waals surface area contributed by atoms with Crippen molar-refractivity contribution in [2.24, 2.45) is 5.92 Å². The Labute approximate surface area is 196 Å². The first-order valence-electron chi connectivity index (χ1n) is 10.4. The number of nitrogens with zero attached hydrogens (tertiary/aromatic N) is 2. The first kappa shape index (κ1) is 24.8. The molecule has 0 aliphatic carbocycles. The summed E-state index contributed by atoms with van der Waals surface area (Å²) in [5.74, 6) is -0.808. The van der Waals surface area contributed by atoms with Crippen molar-refractivity contribution in [1.29, 1.82) is 0 Å². The number of non-ortho nitro benzene ring substituents is 1. The zero-order valence-electron chi connectivity index (χ0n) is 18.5. The van der Waals surface area contributed by atoms with Gasteiger partial charge in [0.05, 0.1) is 4.92 Å². The van der Waals surface area contributed by atoms with E-state index in [-0.39, 0.29) is 40.3 Å². The van der Waals surface area contributed by atoms with E-state index in [0.717, 1.165) is 24.3 Å². The molecule has 3 aromatic carbocycles. The molecule has 34 heavy (non-hydrogen) atoms. The van der Waals surface area contributed by atoms with Crippen LogP contribution in [-0.2, 0) is 16.7 Å². The maximum Gasteiger partial charge on any atom is 0.339 e. The molecule has 0 N–H and O–H groups in total. The Kier molecular flexibility index (Phi) is 7.62. The van der Waals surface area contributed by atoms with E-state index in [4.69, 9.17) is 4.18 Å². The van der Waals surface area contributed by atoms with E-state index < -0.39 is 20.9 Å². The summed E-state index contributed by atoms with van der Waals surface area (Å²) in [4.78, 5) is 25.0. The van der Waals surface area contributed by atoms with Crippen molar-refractivity contribution in [3.05, 3.63) is 99.9 Å². The van der Waals surface area contributed by atoms with Gasteiger partial charge in [0, 0.05) is 30.8 Å². The number of amides is 1. The third-order valence-corrected chi connectivity index (χ3v) is 6.02. The van der Waals surface area contributed by atoms with E-state index >= 15 is 0 Å². The smallest absolute Gasteiger partial charge is 0.339 e. The Hall–Kier alpha value is -3.79. The molecule has 0 saturated carbocycles. The van der Waals surface area contributed by atoms with E-state index in [2.05, 4.69) is 0 Å². The summed E-state index contributed by atoms with van der Waals surface area (Å²) in [6.45, 7) is 4.37. The molecule has 0 unspecified atom stereocenters. The summed E-state index contributed by atoms with van der Waals surface area (Å²) >= 11 is 0. The van der Waals surface area contributed by atoms with Gasteiger partial charge < -0.3 is 9.08 Å². The van der Waals surface area contributed by atoms with Gasteiger partial charge in [-0.1, -0.05) is 32.0 Å². The highest BCUT2D eigenvalue weighted by atomic mass is 32.2. The van der Waals surface area contributed by atoms with Crippen molar-refractivity contribution in [3.63, 3.8) is 0 Å². The second-order valence-electron chi connectivity index (χ2n) is 8.03. The van der Waals surface area contributed by atoms with E-state index in [0.29, 0.717) is 12.1 Å². The van der Waals surface area contributed by atoms with Crippen LogP contribution in [0.25, 0.3) is 0 Å². The molecule has 0 aromatic heterocycles. The Morgan fingerprint density at radius 1 is 1.06 bits per heavy atom. The molecular formula is C24H23FN2O6S. The van der Waals surface area contributed by atoms with Crippen LogP contribution in [0.1, 0.15) is 29.8 Å². The number of hydrogen-bond donors (Lipinski definition) is 0. The van der Waals surface area contributed by atoms with E-state index in [1.54, 1.807) is 12.1 Å². The Balaban J connectivity index is 1.83. The van der Waals surface area contributed by atoms with Crippen molar-refractivity contribution in [2.75, 3.05) is 6.54 Å². The van der Waals surface area contributed by atoms with Crippen LogP contribution in [0, 0.1) is 21.8 Å². The second kappa shape index (κ2) is 10.4. The number of nitro groups is 1. The highest BCUT2D eigenvalue weighted by molar-refractivity contribution is 7.87. The standard InChI is InChI=1S/C24H23FN2O6S/c1-17(2)15-26(24(28)19-6-4-7-21(14-19)27(29)30)16-18-5-3-8-22(13-18)33-34(31,32)23-11-9-20(25)10-12-23/h3-14,17H,15-16H2,1-2H3. The third kappa shape index (κ3) is 6.38. The first-order chi connectivity index (χ1) is 16.0. The molecule has 0 aliphatic heterocycles. The van der Waals surface area contributed by atoms with E-state index in [9.17, 15) is 27.7 Å². The minimum absolute atomic E-state index is 0.0362. The number of nitro benzene ring substituents is 1. The Morgan fingerprint density at radius 3 is 2.38 bits per heavy atom. The highest BCUT2D eigenvalue weighted by Crippen LogP contribution is 2.22. The van der Waals surface area contributed by atoms with Crippen molar-refractivity contribution in [2.45, 2.75) is 25.3 Å². The van der Waals surface area contributed by atoms with Gasteiger partial charge in [0.15, 0.2) is 0 Å². The van der Waals surface area contributed by atoms with Crippen LogP contribution in [0.4, 0.5) is 10.1 Å². The number of carbonyl (C=O) groups is 1. The number of carbonyl (C=O) groups excluding carboxylic acids is 1. The van der Waals surface area contributed by atoms with Gasteiger partial charge in [-0.3, -0.25) is 14.9 Å². The molecule has 8 nitrogen and oxygen atoms in total. The Morgan fingerprint density at radius 2 is 1.74 bits per heavy atom. The summed E-state index contributed by atoms with van der Waals surface area (Å²) in [7, 11) is -4.18. The van der Waals surface area contributed by atoms with E-state index in [1.165, 1.54) is 41.3 Å². The molecule has 0 fully saturated rings. The van der Waals surface area contributed by atoms with E-state index in [1.807, 2.05) is 13.8 Å². The van der Waals surface area contributed by atoms with Crippen LogP contribution in [0.5, 0.6) is 5.75 Å². The fourth-order valence-electron chi connectivity index (χ4n) is 3.29. The topological polar surface area (TPSA) is 107 Å². The van der Waals surface area contributed by atoms with Gasteiger partial charge in [-0.05, 0) is 53.9 Å². The zero-order chi connectivity index (χ0) is 24.9. The van der Waals surface area contributed by atoms with Crippen molar-refractivity contribution >= 4 is 21.7 Å². The molecular weight excluding hydrogens is 463 g/mol. The monoisotopic (exact) mass is 486 g/mol. The minimum atomic E-state index is -4.18. The van der Waals surface area contributed by atoms with Crippen LogP contribution in [0.3, 0.4) is 0 Å². The highest BCUT2D eigenvalue weighted by Gasteiger charge is 2.21. The maximum atomic E-state index is 13.1. The van der Waals surface area contributed by atoms with Crippen molar-refractivity contribution in [1.82, 2.24) is 4.90 Å². The largest absolute Gasteiger partial charge is 0.379 e. The molecule has 0 heterocycles. The first-order valence-corrected chi connectivity index (χ1v) is 11.8. The van der Waals surface area contributed by atoms with Gasteiger partial charge in [0.1, 0.15) is 16.5 Å². The van der Waals surface area contributed by atoms with Crippen molar-refractivity contribution < 1.29 is 26.7 Å². The molecule has 0 radical (unpaired) electrons. The molecule has 3 rings (SSSR count). The fourth-order valence-corrected chi connectivity index (χ4v) is 4.21. The molecule has 3 aromatic rings. The summed E-state index contributed by atoms with van der Waals surface area (Å²) in [5, 5.41) is 11.1. The second-order valence-corrected chi connectivity index (χ2v) is 9.57. The van der Waals surface area contributed by atoms with Gasteiger partial charge >= 0.3 is 10.1 Å². The lowest BCUT2D eigenvalue weighted by molar-refractivity contribution is -0.384. The Bertz CT molecular complexity index is 1290. The zero-order valence-corrected chi connectivity index (χ0v) is 19.4. The van der Waals surface area contributed by atoms with Crippen LogP contribution in [0.15, 0.2) is 77.7 Å². The minimum Gasteiger partial charge on any atom is -0.379 e. The molecule has 0 atom stereocenters. The summed E-state index contributed by atoms with van der Waals surface area (Å²) < 4.78 is 43.3. The number of benzene rings is 3. The molecule has 178 valence electrons. The molecule has 1 amide bonds. The molecule has 0 spiro atoms. The normalized spacial score (nSPS) is 11.3. The third-order valence-electron chi connectivity index (χ3n) is 4.76. The molecule has 0 bridgehead atoms. The average Bonchev–Trinajstić information content (AvgIpc) is 2.78. The van der Waals surface area contributed by atoms with Crippen LogP contribution in [-0.4, -0.2) is 30.7 Å². The van der Waals surface area contributed by atoms with Gasteiger partial charge in [-0.2, -0.15) is 8.42 Å². The quantitative estimate of drug-likeness (QED) is 0.244. The predicted molar refractivity (Wildman–Crippen MR) is 123 cm³/mol. The molecule has 0 aliphatic rings. The van der Waals surface area contributed by atoms with Gasteiger partial charge in [0.2, 0.25) is 0 Å². The number of hydrogen-bond acceptors (Lipinski definition) is 6. The van der Waals surface area contributed by atoms with Crippen molar-refractivity contribution in [3.8, 4) is 5.75 Å². The van der Waals surface area contributed by atoms with Crippen LogP contribution in [0.2, 0.25) is 0 Å². The van der Waals surface area contributed by atoms with Crippen LogP contribution < -0.4 is 4.18 Å². The number of halogens is 1. The lowest BCUT2D eigenvalue weighted by Crippen LogP contribution is -2.33. The molecule has 0 saturated heterocycles. The average molecular weight is 487 g/mol. The maximum absolute atomic E-state index is 13.1. The lowest BCUT2D eigenvalue weighted by Gasteiger charge is -2.25. The SMILES string of the molecule is CC(C)CN(Cc1cccc(OS(=O)(=O)c2ccc(F)cc2)c1)C(=O)c1cccc([N+](=O)[O-])c1. The molecule has 10 heteroatoms. The van der Waals surface area contributed by atoms with Gasteiger partial charge in [-0.25, -0.2) is 4.39 Å².